The maximum atomic E-state index is 11.9. The maximum absolute atomic E-state index is 11.9. The highest BCUT2D eigenvalue weighted by atomic mass is 16.3. The number of aliphatic hydroxyl groups excluding tert-OH is 1. The summed E-state index contributed by atoms with van der Waals surface area (Å²) < 4.78 is 0. The summed E-state index contributed by atoms with van der Waals surface area (Å²) in [4.78, 5) is 13.8. The fraction of sp³-hybridized carbons (Fsp3) is 0.923. The molecule has 3 heteroatoms. The van der Waals surface area contributed by atoms with E-state index in [1.165, 1.54) is 12.8 Å². The van der Waals surface area contributed by atoms with E-state index in [1.54, 1.807) is 6.92 Å². The van der Waals surface area contributed by atoms with Crippen molar-refractivity contribution in [2.45, 2.75) is 58.5 Å². The molecule has 0 spiro atoms. The van der Waals surface area contributed by atoms with Crippen LogP contribution >= 0.6 is 0 Å². The monoisotopic (exact) mass is 227 g/mol. The van der Waals surface area contributed by atoms with E-state index < -0.39 is 0 Å². The van der Waals surface area contributed by atoms with Crippen molar-refractivity contribution in [1.29, 1.82) is 0 Å². The summed E-state index contributed by atoms with van der Waals surface area (Å²) in [5.74, 6) is 1.02. The minimum atomic E-state index is -0.362. The van der Waals surface area contributed by atoms with Crippen LogP contribution < -0.4 is 0 Å². The van der Waals surface area contributed by atoms with Crippen LogP contribution in [0.2, 0.25) is 0 Å². The van der Waals surface area contributed by atoms with Crippen molar-refractivity contribution < 1.29 is 9.90 Å². The predicted octanol–water partition coefficient (Wildman–Crippen LogP) is 2.19. The Kier molecular flexibility index (Phi) is 5.81. The SMILES string of the molecule is CCC1CCCN(C(=O)CCC(C)O)CC1. The molecule has 0 aromatic rings. The lowest BCUT2D eigenvalue weighted by Gasteiger charge is -2.21. The Balaban J connectivity index is 2.33. The molecule has 0 bridgehead atoms. The first-order valence-corrected chi connectivity index (χ1v) is 6.59. The number of hydrogen-bond donors (Lipinski definition) is 1. The van der Waals surface area contributed by atoms with E-state index in [4.69, 9.17) is 5.11 Å². The second kappa shape index (κ2) is 6.89. The molecule has 0 aliphatic carbocycles. The largest absolute Gasteiger partial charge is 0.393 e. The van der Waals surface area contributed by atoms with Gasteiger partial charge in [-0.15, -0.1) is 0 Å². The van der Waals surface area contributed by atoms with Crippen LogP contribution in [0.25, 0.3) is 0 Å². The van der Waals surface area contributed by atoms with E-state index >= 15 is 0 Å². The minimum absolute atomic E-state index is 0.220. The third kappa shape index (κ3) is 4.52. The van der Waals surface area contributed by atoms with Crippen LogP contribution in [0.3, 0.4) is 0 Å². The summed E-state index contributed by atoms with van der Waals surface area (Å²) in [6.07, 6.45) is 5.50. The van der Waals surface area contributed by atoms with Gasteiger partial charge >= 0.3 is 0 Å². The summed E-state index contributed by atoms with van der Waals surface area (Å²) in [5.41, 5.74) is 0. The van der Waals surface area contributed by atoms with Crippen molar-refractivity contribution in [2.24, 2.45) is 5.92 Å². The molecule has 3 nitrogen and oxygen atoms in total. The van der Waals surface area contributed by atoms with Crippen molar-refractivity contribution in [1.82, 2.24) is 4.90 Å². The van der Waals surface area contributed by atoms with E-state index in [9.17, 15) is 4.79 Å². The Morgan fingerprint density at radius 3 is 2.81 bits per heavy atom. The van der Waals surface area contributed by atoms with Crippen LogP contribution in [-0.2, 0) is 4.79 Å². The Labute approximate surface area is 98.8 Å². The van der Waals surface area contributed by atoms with Crippen LogP contribution in [0.5, 0.6) is 0 Å². The molecule has 0 aromatic heterocycles. The zero-order valence-electron chi connectivity index (χ0n) is 10.6. The van der Waals surface area contributed by atoms with Crippen molar-refractivity contribution in [3.63, 3.8) is 0 Å². The van der Waals surface area contributed by atoms with Gasteiger partial charge in [-0.2, -0.15) is 0 Å². The molecule has 1 aliphatic heterocycles. The molecule has 2 atom stereocenters. The van der Waals surface area contributed by atoms with E-state index in [0.29, 0.717) is 12.8 Å². The highest BCUT2D eigenvalue weighted by Gasteiger charge is 2.19. The van der Waals surface area contributed by atoms with Gasteiger partial charge in [-0.1, -0.05) is 13.3 Å². The van der Waals surface area contributed by atoms with Gasteiger partial charge in [-0.3, -0.25) is 4.79 Å². The van der Waals surface area contributed by atoms with Crippen LogP contribution in [-0.4, -0.2) is 35.1 Å². The van der Waals surface area contributed by atoms with Crippen LogP contribution in [0.15, 0.2) is 0 Å². The Bertz CT molecular complexity index is 216. The maximum Gasteiger partial charge on any atom is 0.222 e. The highest BCUT2D eigenvalue weighted by molar-refractivity contribution is 5.76. The van der Waals surface area contributed by atoms with Gasteiger partial charge < -0.3 is 10.0 Å². The van der Waals surface area contributed by atoms with Crippen LogP contribution in [0.4, 0.5) is 0 Å². The van der Waals surface area contributed by atoms with E-state index in [0.717, 1.165) is 31.8 Å². The van der Waals surface area contributed by atoms with Crippen LogP contribution in [0, 0.1) is 5.92 Å². The van der Waals surface area contributed by atoms with Gasteiger partial charge in [0.25, 0.3) is 0 Å². The molecule has 0 radical (unpaired) electrons. The fourth-order valence-corrected chi connectivity index (χ4v) is 2.31. The molecule has 1 rings (SSSR count). The summed E-state index contributed by atoms with van der Waals surface area (Å²) >= 11 is 0. The molecule has 0 saturated carbocycles. The smallest absolute Gasteiger partial charge is 0.222 e. The quantitative estimate of drug-likeness (QED) is 0.799. The Morgan fingerprint density at radius 2 is 2.19 bits per heavy atom. The average Bonchev–Trinajstić information content (AvgIpc) is 2.50. The van der Waals surface area contributed by atoms with Gasteiger partial charge in [0, 0.05) is 19.5 Å². The predicted molar refractivity (Wildman–Crippen MR) is 65.1 cm³/mol. The van der Waals surface area contributed by atoms with E-state index in [-0.39, 0.29) is 12.0 Å². The zero-order chi connectivity index (χ0) is 12.0. The third-order valence-corrected chi connectivity index (χ3v) is 3.55. The standard InChI is InChI=1S/C13H25NO2/c1-3-12-5-4-9-14(10-8-12)13(16)7-6-11(2)15/h11-12,15H,3-10H2,1-2H3. The highest BCUT2D eigenvalue weighted by Crippen LogP contribution is 2.20. The molecule has 1 aliphatic rings. The molecule has 2 unspecified atom stereocenters. The number of aliphatic hydroxyl groups is 1. The average molecular weight is 227 g/mol. The molecule has 1 heterocycles. The summed E-state index contributed by atoms with van der Waals surface area (Å²) in [5, 5.41) is 9.16. The molecule has 0 aromatic carbocycles. The number of amides is 1. The van der Waals surface area contributed by atoms with Gasteiger partial charge in [0.2, 0.25) is 5.91 Å². The van der Waals surface area contributed by atoms with Gasteiger partial charge in [0.05, 0.1) is 6.10 Å². The lowest BCUT2D eigenvalue weighted by Crippen LogP contribution is -2.32. The Hall–Kier alpha value is -0.570. The molecule has 1 amide bonds. The number of carbonyl (C=O) groups is 1. The normalized spacial score (nSPS) is 23.9. The molecular formula is C13H25NO2. The van der Waals surface area contributed by atoms with Crippen molar-refractivity contribution in [3.05, 3.63) is 0 Å². The first-order chi connectivity index (χ1) is 7.63. The second-order valence-corrected chi connectivity index (χ2v) is 4.97. The second-order valence-electron chi connectivity index (χ2n) is 4.97. The molecule has 1 N–H and O–H groups in total. The van der Waals surface area contributed by atoms with E-state index in [2.05, 4.69) is 6.92 Å². The number of likely N-dealkylation sites (tertiary alicyclic amines) is 1. The summed E-state index contributed by atoms with van der Waals surface area (Å²) in [6.45, 7) is 5.80. The minimum Gasteiger partial charge on any atom is -0.393 e. The third-order valence-electron chi connectivity index (χ3n) is 3.55. The van der Waals surface area contributed by atoms with Crippen molar-refractivity contribution in [3.8, 4) is 0 Å². The first-order valence-electron chi connectivity index (χ1n) is 6.59. The van der Waals surface area contributed by atoms with Gasteiger partial charge in [-0.05, 0) is 38.5 Å². The van der Waals surface area contributed by atoms with Crippen molar-refractivity contribution >= 4 is 5.91 Å². The zero-order valence-corrected chi connectivity index (χ0v) is 10.6. The van der Waals surface area contributed by atoms with E-state index in [1.807, 2.05) is 4.90 Å². The van der Waals surface area contributed by atoms with Crippen LogP contribution in [0.1, 0.15) is 52.4 Å². The molecule has 94 valence electrons. The molecule has 1 saturated heterocycles. The van der Waals surface area contributed by atoms with Gasteiger partial charge in [0.15, 0.2) is 0 Å². The van der Waals surface area contributed by atoms with Gasteiger partial charge in [-0.25, -0.2) is 0 Å². The lowest BCUT2D eigenvalue weighted by atomic mass is 9.98. The van der Waals surface area contributed by atoms with Crippen molar-refractivity contribution in [2.75, 3.05) is 13.1 Å². The molecule has 1 fully saturated rings. The fourth-order valence-electron chi connectivity index (χ4n) is 2.31. The topological polar surface area (TPSA) is 40.5 Å². The number of hydrogen-bond acceptors (Lipinski definition) is 2. The lowest BCUT2D eigenvalue weighted by molar-refractivity contribution is -0.131. The number of nitrogens with zero attached hydrogens (tertiary/aromatic N) is 1. The first kappa shape index (κ1) is 13.5. The van der Waals surface area contributed by atoms with Gasteiger partial charge in [0.1, 0.15) is 0 Å². The molecular weight excluding hydrogens is 202 g/mol. The number of carbonyl (C=O) groups excluding carboxylic acids is 1. The Morgan fingerprint density at radius 1 is 1.44 bits per heavy atom. The summed E-state index contributed by atoms with van der Waals surface area (Å²) in [7, 11) is 0. The number of rotatable bonds is 4. The summed E-state index contributed by atoms with van der Waals surface area (Å²) in [6, 6.07) is 0. The molecule has 16 heavy (non-hydrogen) atoms.